The normalized spacial score (nSPS) is 8.00. The smallest absolute Gasteiger partial charge is 1.00 e. The second-order valence-electron chi connectivity index (χ2n) is 1.13. The Hall–Kier alpha value is 0.756. The number of hydrogen-bond acceptors (Lipinski definition) is 1. The van der Waals surface area contributed by atoms with Gasteiger partial charge in [0, 0.05) is 0 Å². The van der Waals surface area contributed by atoms with Gasteiger partial charge in [0.25, 0.3) is 0 Å². The minimum atomic E-state index is 0. The average Bonchev–Trinajstić information content (AvgIpc) is 1.38. The van der Waals surface area contributed by atoms with Gasteiger partial charge < -0.3 is 12.4 Å². The van der Waals surface area contributed by atoms with Crippen LogP contribution >= 0.6 is 0 Å². The molecule has 0 aromatic carbocycles. The standard InChI is InChI=1S/C3H7O.ClH.Co/c1-3(2)4;;/h3H,1-2H3;1H;/q-1;;+2/p-1. The van der Waals surface area contributed by atoms with Crippen LogP contribution in [-0.2, 0) is 19.9 Å². The summed E-state index contributed by atoms with van der Waals surface area (Å²) in [5.41, 5.74) is 0. The summed E-state index contributed by atoms with van der Waals surface area (Å²) in [5, 5.41) is 0. The van der Waals surface area contributed by atoms with Gasteiger partial charge in [-0.1, -0.05) is 0 Å². The van der Waals surface area contributed by atoms with Crippen molar-refractivity contribution in [1.29, 1.82) is 0 Å². The van der Waals surface area contributed by atoms with Crippen LogP contribution in [0.4, 0.5) is 0 Å². The van der Waals surface area contributed by atoms with Crippen LogP contribution in [0.3, 0.4) is 0 Å². The number of hydrogen-bond donors (Lipinski definition) is 0. The Kier molecular flexibility index (Phi) is 9.49. The predicted octanol–water partition coefficient (Wildman–Crippen LogP) is -2.12. The van der Waals surface area contributed by atoms with Gasteiger partial charge in [-0.3, -0.25) is 0 Å². The van der Waals surface area contributed by atoms with Crippen molar-refractivity contribution in [3.63, 3.8) is 0 Å². The van der Waals surface area contributed by atoms with E-state index < -0.39 is 0 Å². The van der Waals surface area contributed by atoms with Gasteiger partial charge >= 0.3 is 39.9 Å². The molecule has 0 aromatic rings. The second kappa shape index (κ2) is 5.76. The summed E-state index contributed by atoms with van der Waals surface area (Å²) in [5.74, 6) is 0. The summed E-state index contributed by atoms with van der Waals surface area (Å²) < 4.78 is 4.44. The molecule has 0 aliphatic carbocycles. The van der Waals surface area contributed by atoms with E-state index in [0.717, 1.165) is 0 Å². The van der Waals surface area contributed by atoms with Crippen molar-refractivity contribution in [2.24, 2.45) is 0 Å². The molecule has 0 N–H and O–H groups in total. The third kappa shape index (κ3) is 8.83. The molecule has 0 aliphatic heterocycles. The largest absolute Gasteiger partial charge is 1.00 e. The Bertz CT molecular complexity index is 24.8. The van der Waals surface area contributed by atoms with Crippen LogP contribution in [-0.4, -0.2) is 6.10 Å². The topological polar surface area (TPSA) is 9.23 Å². The molecular formula is C3H7ClCoO. The molecule has 0 bridgehead atoms. The third-order valence-electron chi connectivity index (χ3n) is 0.157. The molecule has 0 rings (SSSR count). The molecule has 0 fully saturated rings. The van der Waals surface area contributed by atoms with Crippen LogP contribution < -0.4 is 12.4 Å². The van der Waals surface area contributed by atoms with E-state index in [9.17, 15) is 0 Å². The maximum absolute atomic E-state index is 4.44. The van der Waals surface area contributed by atoms with Crippen LogP contribution in [0, 0.1) is 0 Å². The van der Waals surface area contributed by atoms with E-state index in [0.29, 0.717) is 0 Å². The quantitative estimate of drug-likeness (QED) is 0.419. The summed E-state index contributed by atoms with van der Waals surface area (Å²) in [4.78, 5) is 0. The monoisotopic (exact) mass is 153 g/mol. The average molecular weight is 153 g/mol. The third-order valence-corrected chi connectivity index (χ3v) is 0.648. The van der Waals surface area contributed by atoms with Crippen molar-refractivity contribution < 1.29 is 32.3 Å². The molecule has 0 saturated heterocycles. The van der Waals surface area contributed by atoms with Crippen molar-refractivity contribution in [2.45, 2.75) is 20.0 Å². The maximum atomic E-state index is 4.44. The summed E-state index contributed by atoms with van der Waals surface area (Å²) >= 11 is 3.56. The van der Waals surface area contributed by atoms with Crippen molar-refractivity contribution in [1.82, 2.24) is 0 Å². The molecule has 0 saturated carbocycles. The molecule has 0 spiro atoms. The Labute approximate surface area is 52.8 Å². The molecule has 0 radical (unpaired) electrons. The minimum Gasteiger partial charge on any atom is -1.00 e. The first-order valence-electron chi connectivity index (χ1n) is 1.53. The van der Waals surface area contributed by atoms with E-state index in [2.05, 4.69) is 19.9 Å². The number of halogens is 1. The molecule has 6 heavy (non-hydrogen) atoms. The summed E-state index contributed by atoms with van der Waals surface area (Å²) in [6.45, 7) is 3.84. The van der Waals surface area contributed by atoms with Crippen molar-refractivity contribution in [3.05, 3.63) is 0 Å². The fourth-order valence-corrected chi connectivity index (χ4v) is 0. The predicted molar refractivity (Wildman–Crippen MR) is 16.2 cm³/mol. The SMILES string of the molecule is CC(C)[O][Co+].[Cl-]. The van der Waals surface area contributed by atoms with Gasteiger partial charge in [0.05, 0.1) is 0 Å². The Morgan fingerprint density at radius 2 is 1.67 bits per heavy atom. The second-order valence-corrected chi connectivity index (χ2v) is 1.37. The molecule has 0 amide bonds. The van der Waals surface area contributed by atoms with E-state index in [4.69, 9.17) is 0 Å². The zero-order chi connectivity index (χ0) is 4.28. The Morgan fingerprint density at radius 3 is 1.67 bits per heavy atom. The fourth-order valence-electron chi connectivity index (χ4n) is 0. The molecule has 41 valence electrons. The van der Waals surface area contributed by atoms with E-state index in [1.807, 2.05) is 13.8 Å². The van der Waals surface area contributed by atoms with Gasteiger partial charge in [-0.25, -0.2) is 0 Å². The van der Waals surface area contributed by atoms with Crippen LogP contribution in [0.1, 0.15) is 13.8 Å². The van der Waals surface area contributed by atoms with Gasteiger partial charge in [-0.2, -0.15) is 0 Å². The molecule has 0 heterocycles. The van der Waals surface area contributed by atoms with Gasteiger partial charge in [-0.05, 0) is 0 Å². The van der Waals surface area contributed by atoms with E-state index >= 15 is 0 Å². The van der Waals surface area contributed by atoms with Gasteiger partial charge in [0.2, 0.25) is 0 Å². The maximum Gasteiger partial charge on any atom is -1.00 e. The molecule has 1 nitrogen and oxygen atoms in total. The molecule has 0 aliphatic rings. The van der Waals surface area contributed by atoms with Crippen molar-refractivity contribution in [3.8, 4) is 0 Å². The van der Waals surface area contributed by atoms with Crippen LogP contribution in [0.25, 0.3) is 0 Å². The molecule has 0 unspecified atom stereocenters. The first kappa shape index (κ1) is 9.90. The summed E-state index contributed by atoms with van der Waals surface area (Å²) in [6.07, 6.45) is 0.245. The van der Waals surface area contributed by atoms with Crippen LogP contribution in [0.15, 0.2) is 0 Å². The minimum absolute atomic E-state index is 0. The van der Waals surface area contributed by atoms with E-state index in [-0.39, 0.29) is 18.5 Å². The van der Waals surface area contributed by atoms with Gasteiger partial charge in [0.1, 0.15) is 0 Å². The fraction of sp³-hybridized carbons (Fsp3) is 1.00. The molecular weight excluding hydrogens is 146 g/mol. The summed E-state index contributed by atoms with van der Waals surface area (Å²) in [6, 6.07) is 0. The Morgan fingerprint density at radius 1 is 1.50 bits per heavy atom. The van der Waals surface area contributed by atoms with E-state index in [1.54, 1.807) is 0 Å². The first-order chi connectivity index (χ1) is 2.27. The summed E-state index contributed by atoms with van der Waals surface area (Å²) in [7, 11) is 0. The first-order valence-corrected chi connectivity index (χ1v) is 1.95. The van der Waals surface area contributed by atoms with Gasteiger partial charge in [0.15, 0.2) is 0 Å². The molecule has 3 heteroatoms. The van der Waals surface area contributed by atoms with Crippen molar-refractivity contribution >= 4 is 0 Å². The zero-order valence-corrected chi connectivity index (χ0v) is 5.49. The van der Waals surface area contributed by atoms with Crippen LogP contribution in [0.2, 0.25) is 0 Å². The van der Waals surface area contributed by atoms with E-state index in [1.165, 1.54) is 0 Å². The van der Waals surface area contributed by atoms with Gasteiger partial charge in [-0.15, -0.1) is 0 Å². The zero-order valence-electron chi connectivity index (χ0n) is 3.70. The molecule has 0 atom stereocenters. The van der Waals surface area contributed by atoms with Crippen LogP contribution in [0.5, 0.6) is 0 Å². The Balaban J connectivity index is 0. The number of rotatable bonds is 1. The van der Waals surface area contributed by atoms with Crippen molar-refractivity contribution in [2.75, 3.05) is 0 Å². The molecule has 0 aromatic heterocycles.